The lowest BCUT2D eigenvalue weighted by Crippen LogP contribution is -2.38. The van der Waals surface area contributed by atoms with Crippen molar-refractivity contribution in [3.8, 4) is 0 Å². The summed E-state index contributed by atoms with van der Waals surface area (Å²) in [6, 6.07) is 0. The van der Waals surface area contributed by atoms with Gasteiger partial charge in [0, 0.05) is 43.9 Å². The minimum absolute atomic E-state index is 0.0287. The fourth-order valence-corrected chi connectivity index (χ4v) is 2.94. The highest BCUT2D eigenvalue weighted by Crippen LogP contribution is 2.29. The molecule has 0 saturated heterocycles. The van der Waals surface area contributed by atoms with Gasteiger partial charge in [0.05, 0.1) is 0 Å². The Bertz CT molecular complexity index is 480. The van der Waals surface area contributed by atoms with Crippen LogP contribution >= 0.6 is 0 Å². The molecule has 2 heterocycles. The van der Waals surface area contributed by atoms with Gasteiger partial charge in [0.25, 0.3) is 5.91 Å². The van der Waals surface area contributed by atoms with E-state index in [0.717, 1.165) is 37.1 Å². The molecule has 6 nitrogen and oxygen atoms in total. The first-order valence-corrected chi connectivity index (χ1v) is 7.81. The molecule has 0 spiro atoms. The summed E-state index contributed by atoms with van der Waals surface area (Å²) in [4.78, 5) is 12.4. The second-order valence-corrected chi connectivity index (χ2v) is 5.82. The first-order chi connectivity index (χ1) is 10.2. The first kappa shape index (κ1) is 16.0. The molecule has 1 aliphatic rings. The summed E-state index contributed by atoms with van der Waals surface area (Å²) < 4.78 is 0. The topological polar surface area (TPSA) is 90.0 Å². The average Bonchev–Trinajstić information content (AvgIpc) is 2.95. The Morgan fingerprint density at radius 2 is 2.19 bits per heavy atom. The van der Waals surface area contributed by atoms with Crippen LogP contribution in [0.25, 0.3) is 0 Å². The van der Waals surface area contributed by atoms with E-state index in [2.05, 4.69) is 34.7 Å². The predicted octanol–water partition coefficient (Wildman–Crippen LogP) is 0.974. The summed E-state index contributed by atoms with van der Waals surface area (Å²) in [5, 5.41) is 22.6. The number of nitrogens with zero attached hydrogens (tertiary/aromatic N) is 1. The standard InChI is InChI=1S/C15H26N4O2/c1-3-15(4-2,6-8-20)10-17-14(21)13-11-9-16-7-5-12(11)18-19-13/h16,20H,3-10H2,1-2H3,(H,17,21)(H,18,19). The Kier molecular flexibility index (Phi) is 5.36. The summed E-state index contributed by atoms with van der Waals surface area (Å²) in [6.07, 6.45) is 3.46. The number of fused-ring (bicyclic) bond motifs is 1. The van der Waals surface area contributed by atoms with Crippen LogP contribution in [0.2, 0.25) is 0 Å². The van der Waals surface area contributed by atoms with Gasteiger partial charge in [-0.15, -0.1) is 0 Å². The van der Waals surface area contributed by atoms with E-state index in [9.17, 15) is 9.90 Å². The number of hydrogen-bond acceptors (Lipinski definition) is 4. The van der Waals surface area contributed by atoms with Crippen LogP contribution in [-0.2, 0) is 13.0 Å². The van der Waals surface area contributed by atoms with Crippen molar-refractivity contribution in [1.29, 1.82) is 0 Å². The molecule has 6 heteroatoms. The molecule has 0 saturated carbocycles. The van der Waals surface area contributed by atoms with E-state index < -0.39 is 0 Å². The molecule has 0 atom stereocenters. The molecule has 0 fully saturated rings. The van der Waals surface area contributed by atoms with E-state index in [-0.39, 0.29) is 17.9 Å². The molecule has 2 rings (SSSR count). The number of H-pyrrole nitrogens is 1. The molecular weight excluding hydrogens is 268 g/mol. The zero-order valence-electron chi connectivity index (χ0n) is 13.0. The molecule has 21 heavy (non-hydrogen) atoms. The highest BCUT2D eigenvalue weighted by molar-refractivity contribution is 5.94. The van der Waals surface area contributed by atoms with Gasteiger partial charge in [0.15, 0.2) is 5.69 Å². The number of carbonyl (C=O) groups excluding carboxylic acids is 1. The third-order valence-corrected chi connectivity index (χ3v) is 4.79. The van der Waals surface area contributed by atoms with Gasteiger partial charge in [-0.25, -0.2) is 0 Å². The maximum absolute atomic E-state index is 12.4. The molecule has 1 amide bonds. The van der Waals surface area contributed by atoms with Crippen LogP contribution < -0.4 is 10.6 Å². The Morgan fingerprint density at radius 1 is 1.43 bits per heavy atom. The van der Waals surface area contributed by atoms with Gasteiger partial charge >= 0.3 is 0 Å². The number of rotatable bonds is 7. The van der Waals surface area contributed by atoms with Crippen molar-refractivity contribution in [2.24, 2.45) is 5.41 Å². The first-order valence-electron chi connectivity index (χ1n) is 7.81. The van der Waals surface area contributed by atoms with Gasteiger partial charge in [-0.2, -0.15) is 5.10 Å². The van der Waals surface area contributed by atoms with Crippen molar-refractivity contribution >= 4 is 5.91 Å². The van der Waals surface area contributed by atoms with Crippen molar-refractivity contribution < 1.29 is 9.90 Å². The number of aromatic amines is 1. The van der Waals surface area contributed by atoms with Crippen LogP contribution in [0.15, 0.2) is 0 Å². The third-order valence-electron chi connectivity index (χ3n) is 4.79. The van der Waals surface area contributed by atoms with Crippen LogP contribution in [0.3, 0.4) is 0 Å². The van der Waals surface area contributed by atoms with Crippen molar-refractivity contribution in [1.82, 2.24) is 20.8 Å². The largest absolute Gasteiger partial charge is 0.396 e. The van der Waals surface area contributed by atoms with Gasteiger partial charge in [-0.05, 0) is 24.7 Å². The van der Waals surface area contributed by atoms with Crippen LogP contribution in [0, 0.1) is 5.41 Å². The Labute approximate surface area is 125 Å². The zero-order valence-corrected chi connectivity index (χ0v) is 13.0. The van der Waals surface area contributed by atoms with Crippen molar-refractivity contribution in [3.63, 3.8) is 0 Å². The lowest BCUT2D eigenvalue weighted by atomic mass is 9.79. The van der Waals surface area contributed by atoms with Gasteiger partial charge in [-0.1, -0.05) is 13.8 Å². The normalized spacial score (nSPS) is 14.8. The van der Waals surface area contributed by atoms with Crippen molar-refractivity contribution in [3.05, 3.63) is 17.0 Å². The fourth-order valence-electron chi connectivity index (χ4n) is 2.94. The highest BCUT2D eigenvalue weighted by Gasteiger charge is 2.28. The Hall–Kier alpha value is -1.40. The monoisotopic (exact) mass is 294 g/mol. The number of hydrogen-bond donors (Lipinski definition) is 4. The van der Waals surface area contributed by atoms with Gasteiger partial charge in [0.2, 0.25) is 0 Å². The van der Waals surface area contributed by atoms with Crippen molar-refractivity contribution in [2.45, 2.75) is 46.1 Å². The van der Waals surface area contributed by atoms with Crippen LogP contribution in [-0.4, -0.2) is 40.9 Å². The van der Waals surface area contributed by atoms with E-state index in [1.54, 1.807) is 0 Å². The molecule has 118 valence electrons. The number of amides is 1. The summed E-state index contributed by atoms with van der Waals surface area (Å²) in [5.41, 5.74) is 2.52. The van der Waals surface area contributed by atoms with Gasteiger partial charge in [-0.3, -0.25) is 9.89 Å². The third kappa shape index (κ3) is 3.44. The quantitative estimate of drug-likeness (QED) is 0.603. The molecule has 0 aliphatic carbocycles. The molecular formula is C15H26N4O2. The summed E-state index contributed by atoms with van der Waals surface area (Å²) in [5.74, 6) is -0.125. The SMILES string of the molecule is CCC(CC)(CCO)CNC(=O)c1n[nH]c2c1CNCC2. The number of aliphatic hydroxyl groups is 1. The molecule has 0 aromatic carbocycles. The molecule has 4 N–H and O–H groups in total. The number of carbonyl (C=O) groups is 1. The maximum atomic E-state index is 12.4. The van der Waals surface area contributed by atoms with Crippen LogP contribution in [0.4, 0.5) is 0 Å². The van der Waals surface area contributed by atoms with Crippen molar-refractivity contribution in [2.75, 3.05) is 19.7 Å². The number of aliphatic hydroxyl groups excluding tert-OH is 1. The molecule has 0 bridgehead atoms. The van der Waals surface area contributed by atoms with E-state index in [1.807, 2.05) is 0 Å². The summed E-state index contributed by atoms with van der Waals surface area (Å²) in [6.45, 7) is 6.55. The van der Waals surface area contributed by atoms with Crippen LogP contribution in [0.1, 0.15) is 54.9 Å². The summed E-state index contributed by atoms with van der Waals surface area (Å²) in [7, 11) is 0. The minimum atomic E-state index is -0.125. The molecule has 0 radical (unpaired) electrons. The smallest absolute Gasteiger partial charge is 0.272 e. The van der Waals surface area contributed by atoms with E-state index >= 15 is 0 Å². The lowest BCUT2D eigenvalue weighted by Gasteiger charge is -2.31. The van der Waals surface area contributed by atoms with E-state index in [1.165, 1.54) is 0 Å². The number of nitrogens with one attached hydrogen (secondary N) is 3. The molecule has 0 unspecified atom stereocenters. The molecule has 1 aliphatic heterocycles. The predicted molar refractivity (Wildman–Crippen MR) is 81.0 cm³/mol. The maximum Gasteiger partial charge on any atom is 0.272 e. The highest BCUT2D eigenvalue weighted by atomic mass is 16.3. The minimum Gasteiger partial charge on any atom is -0.396 e. The van der Waals surface area contributed by atoms with E-state index in [4.69, 9.17) is 0 Å². The van der Waals surface area contributed by atoms with Crippen LogP contribution in [0.5, 0.6) is 0 Å². The fraction of sp³-hybridized carbons (Fsp3) is 0.733. The average molecular weight is 294 g/mol. The lowest BCUT2D eigenvalue weighted by molar-refractivity contribution is 0.0901. The zero-order chi connectivity index (χ0) is 15.3. The summed E-state index contributed by atoms with van der Waals surface area (Å²) >= 11 is 0. The Morgan fingerprint density at radius 3 is 2.86 bits per heavy atom. The number of aromatic nitrogens is 2. The Balaban J connectivity index is 2.03. The van der Waals surface area contributed by atoms with E-state index in [0.29, 0.717) is 25.2 Å². The second kappa shape index (κ2) is 7.04. The molecule has 1 aromatic heterocycles. The van der Waals surface area contributed by atoms with Gasteiger partial charge < -0.3 is 15.7 Å². The molecule has 1 aromatic rings. The second-order valence-electron chi connectivity index (χ2n) is 5.82. The van der Waals surface area contributed by atoms with Gasteiger partial charge in [0.1, 0.15) is 0 Å².